The molecular formula is C21H26N4O10. The molecule has 2 aromatic rings. The number of aromatic amines is 1. The van der Waals surface area contributed by atoms with E-state index in [2.05, 4.69) is 5.32 Å². The summed E-state index contributed by atoms with van der Waals surface area (Å²) in [5, 5.41) is 52.5. The number of carboxylic acids is 1. The van der Waals surface area contributed by atoms with Gasteiger partial charge in [-0.25, -0.2) is 9.59 Å². The number of ether oxygens (including phenoxy) is 1. The number of nitrogens with two attached hydrogens (primary N) is 1. The van der Waals surface area contributed by atoms with Crippen LogP contribution >= 0.6 is 0 Å². The number of aromatic hydroxyl groups is 1. The Bertz CT molecular complexity index is 1180. The standard InChI is InChI=1S/C21H26N4O10/c1-8(14(28)9-2-4-10(26)5-3-9)12(22)18(31)24-13(20(32)33)17-15(29)16(30)19(35-17)25-7-6-11(27)23-21(25)34/h2-8,12-17,19,26,28-30H,22H2,1H3,(H,24,31)(H,32,33)(H,23,27,34)/t8-,12-,13-,14-,15-,16+,17+,19+/m0/s1. The number of aliphatic carboxylic acids is 1. The number of carbonyl (C=O) groups excluding carboxylic acids is 1. The zero-order valence-corrected chi connectivity index (χ0v) is 18.4. The van der Waals surface area contributed by atoms with Gasteiger partial charge in [0.05, 0.1) is 12.1 Å². The molecule has 1 aromatic carbocycles. The summed E-state index contributed by atoms with van der Waals surface area (Å²) in [4.78, 5) is 49.9. The Kier molecular flexibility index (Phi) is 7.72. The van der Waals surface area contributed by atoms with Crippen LogP contribution in [-0.2, 0) is 14.3 Å². The number of H-pyrrole nitrogens is 1. The summed E-state index contributed by atoms with van der Waals surface area (Å²) in [6.07, 6.45) is -7.09. The van der Waals surface area contributed by atoms with Crippen molar-refractivity contribution in [3.63, 3.8) is 0 Å². The van der Waals surface area contributed by atoms with Crippen LogP contribution in [0.2, 0.25) is 0 Å². The third-order valence-corrected chi connectivity index (χ3v) is 5.89. The second kappa shape index (κ2) is 10.4. The van der Waals surface area contributed by atoms with Crippen molar-refractivity contribution in [3.8, 4) is 5.75 Å². The topological polar surface area (TPSA) is 237 Å². The first-order valence-corrected chi connectivity index (χ1v) is 10.5. The van der Waals surface area contributed by atoms with Crippen LogP contribution in [0.1, 0.15) is 24.8 Å². The van der Waals surface area contributed by atoms with E-state index < -0.39 is 71.8 Å². The van der Waals surface area contributed by atoms with Gasteiger partial charge in [-0.05, 0) is 17.7 Å². The monoisotopic (exact) mass is 494 g/mol. The number of aromatic nitrogens is 2. The van der Waals surface area contributed by atoms with E-state index in [4.69, 9.17) is 10.5 Å². The fraction of sp³-hybridized carbons (Fsp3) is 0.429. The summed E-state index contributed by atoms with van der Waals surface area (Å²) in [5.41, 5.74) is 4.62. The van der Waals surface area contributed by atoms with Crippen LogP contribution in [-0.4, -0.2) is 77.4 Å². The van der Waals surface area contributed by atoms with E-state index >= 15 is 0 Å². The van der Waals surface area contributed by atoms with Crippen LogP contribution in [0.4, 0.5) is 0 Å². The molecule has 0 saturated carbocycles. The van der Waals surface area contributed by atoms with Gasteiger partial charge >= 0.3 is 11.7 Å². The van der Waals surface area contributed by atoms with Crippen molar-refractivity contribution in [2.45, 2.75) is 49.7 Å². The van der Waals surface area contributed by atoms with Gasteiger partial charge in [0.1, 0.15) is 24.1 Å². The van der Waals surface area contributed by atoms with E-state index in [1.54, 1.807) is 0 Å². The predicted molar refractivity (Wildman–Crippen MR) is 117 cm³/mol. The number of phenols is 1. The minimum absolute atomic E-state index is 0.0281. The lowest BCUT2D eigenvalue weighted by atomic mass is 9.90. The normalized spacial score (nSPS) is 25.4. The number of benzene rings is 1. The molecule has 3 rings (SSSR count). The Hall–Kier alpha value is -3.56. The van der Waals surface area contributed by atoms with Gasteiger partial charge in [-0.3, -0.25) is 19.1 Å². The van der Waals surface area contributed by atoms with Crippen LogP contribution in [0.25, 0.3) is 0 Å². The van der Waals surface area contributed by atoms with E-state index in [0.717, 1.165) is 16.8 Å². The fourth-order valence-electron chi connectivity index (χ4n) is 3.76. The van der Waals surface area contributed by atoms with Gasteiger partial charge in [0.2, 0.25) is 5.91 Å². The van der Waals surface area contributed by atoms with Crippen LogP contribution in [0.5, 0.6) is 5.75 Å². The van der Waals surface area contributed by atoms with Gasteiger partial charge in [0.15, 0.2) is 12.3 Å². The van der Waals surface area contributed by atoms with Gasteiger partial charge in [-0.1, -0.05) is 19.1 Å². The third kappa shape index (κ3) is 5.41. The van der Waals surface area contributed by atoms with Gasteiger partial charge in [0.25, 0.3) is 5.56 Å². The van der Waals surface area contributed by atoms with Gasteiger partial charge in [-0.2, -0.15) is 0 Å². The van der Waals surface area contributed by atoms with Gasteiger partial charge in [0, 0.05) is 18.2 Å². The number of aliphatic hydroxyl groups excluding tert-OH is 3. The first kappa shape index (κ1) is 26.1. The fourth-order valence-corrected chi connectivity index (χ4v) is 3.76. The molecule has 0 bridgehead atoms. The highest BCUT2D eigenvalue weighted by Crippen LogP contribution is 2.31. The molecule has 1 amide bonds. The van der Waals surface area contributed by atoms with E-state index in [0.29, 0.717) is 5.56 Å². The van der Waals surface area contributed by atoms with Crippen LogP contribution in [0.15, 0.2) is 46.1 Å². The number of aliphatic hydroxyl groups is 3. The molecule has 0 spiro atoms. The van der Waals surface area contributed by atoms with Crippen LogP contribution in [0, 0.1) is 5.92 Å². The number of carbonyl (C=O) groups is 2. The van der Waals surface area contributed by atoms with E-state index in [-0.39, 0.29) is 5.75 Å². The van der Waals surface area contributed by atoms with Crippen molar-refractivity contribution < 1.29 is 39.9 Å². The highest BCUT2D eigenvalue weighted by molar-refractivity contribution is 5.87. The SMILES string of the molecule is C[C@@H]([C@H](N)C(=O)N[C@H](C(=O)O)[C@H]1O[C@@H](n2ccc(=O)[nH]c2=O)[C@H](O)[C@@H]1O)[C@H](O)c1ccc(O)cc1. The number of phenolic OH excluding ortho intramolecular Hbond substituents is 1. The summed E-state index contributed by atoms with van der Waals surface area (Å²) in [6.45, 7) is 1.46. The number of nitrogens with one attached hydrogen (secondary N) is 2. The number of amides is 1. The first-order valence-electron chi connectivity index (χ1n) is 10.5. The van der Waals surface area contributed by atoms with Crippen LogP contribution in [0.3, 0.4) is 0 Å². The second-order valence-corrected chi connectivity index (χ2v) is 8.24. The molecule has 0 unspecified atom stereocenters. The number of rotatable bonds is 8. The van der Waals surface area contributed by atoms with E-state index in [1.807, 2.05) is 4.98 Å². The summed E-state index contributed by atoms with van der Waals surface area (Å²) >= 11 is 0. The Morgan fingerprint density at radius 1 is 1.14 bits per heavy atom. The second-order valence-electron chi connectivity index (χ2n) is 8.24. The molecule has 0 aliphatic carbocycles. The smallest absolute Gasteiger partial charge is 0.330 e. The molecule has 14 heteroatoms. The van der Waals surface area contributed by atoms with Crippen molar-refractivity contribution in [2.24, 2.45) is 11.7 Å². The minimum Gasteiger partial charge on any atom is -0.508 e. The van der Waals surface area contributed by atoms with Crippen molar-refractivity contribution in [1.82, 2.24) is 14.9 Å². The summed E-state index contributed by atoms with van der Waals surface area (Å²) < 4.78 is 6.18. The number of carboxylic acid groups (broad SMARTS) is 1. The zero-order chi connectivity index (χ0) is 26.0. The predicted octanol–water partition coefficient (Wildman–Crippen LogP) is -2.87. The summed E-state index contributed by atoms with van der Waals surface area (Å²) in [5.74, 6) is -3.54. The maximum absolute atomic E-state index is 12.7. The number of hydrogen-bond acceptors (Lipinski definition) is 10. The maximum atomic E-state index is 12.7. The summed E-state index contributed by atoms with van der Waals surface area (Å²) in [6, 6.07) is 3.22. The number of nitrogens with zero attached hydrogens (tertiary/aromatic N) is 1. The number of hydrogen-bond donors (Lipinski definition) is 8. The quantitative estimate of drug-likeness (QED) is 0.185. The first-order chi connectivity index (χ1) is 16.4. The van der Waals surface area contributed by atoms with Gasteiger partial charge < -0.3 is 41.3 Å². The highest BCUT2D eigenvalue weighted by atomic mass is 16.6. The van der Waals surface area contributed by atoms with Crippen LogP contribution < -0.4 is 22.3 Å². The van der Waals surface area contributed by atoms with E-state index in [9.17, 15) is 44.7 Å². The molecule has 1 aliphatic heterocycles. The molecule has 1 aromatic heterocycles. The lowest BCUT2D eigenvalue weighted by Crippen LogP contribution is -2.57. The Morgan fingerprint density at radius 2 is 1.77 bits per heavy atom. The summed E-state index contributed by atoms with van der Waals surface area (Å²) in [7, 11) is 0. The Labute approximate surface area is 197 Å². The highest BCUT2D eigenvalue weighted by Gasteiger charge is 2.50. The average molecular weight is 494 g/mol. The third-order valence-electron chi connectivity index (χ3n) is 5.89. The molecular weight excluding hydrogens is 468 g/mol. The minimum atomic E-state index is -1.89. The average Bonchev–Trinajstić information content (AvgIpc) is 3.10. The molecule has 35 heavy (non-hydrogen) atoms. The molecule has 0 radical (unpaired) electrons. The van der Waals surface area contributed by atoms with Crippen molar-refractivity contribution in [2.75, 3.05) is 0 Å². The molecule has 1 saturated heterocycles. The van der Waals surface area contributed by atoms with Gasteiger partial charge in [-0.15, -0.1) is 0 Å². The Balaban J connectivity index is 1.76. The molecule has 8 atom stereocenters. The largest absolute Gasteiger partial charge is 0.508 e. The molecule has 14 nitrogen and oxygen atoms in total. The lowest BCUT2D eigenvalue weighted by Gasteiger charge is -2.28. The molecule has 190 valence electrons. The molecule has 1 aliphatic rings. The molecule has 1 fully saturated rings. The zero-order valence-electron chi connectivity index (χ0n) is 18.4. The molecule has 9 N–H and O–H groups in total. The lowest BCUT2D eigenvalue weighted by molar-refractivity contribution is -0.149. The maximum Gasteiger partial charge on any atom is 0.330 e. The van der Waals surface area contributed by atoms with E-state index in [1.165, 1.54) is 31.2 Å². The van der Waals surface area contributed by atoms with Crippen molar-refractivity contribution in [3.05, 3.63) is 62.9 Å². The molecule has 2 heterocycles. The Morgan fingerprint density at radius 3 is 2.34 bits per heavy atom. The van der Waals surface area contributed by atoms with Crippen molar-refractivity contribution >= 4 is 11.9 Å². The van der Waals surface area contributed by atoms with Crippen molar-refractivity contribution in [1.29, 1.82) is 0 Å².